The van der Waals surface area contributed by atoms with Gasteiger partial charge < -0.3 is 4.42 Å². The second-order valence-corrected chi connectivity index (χ2v) is 12.3. The van der Waals surface area contributed by atoms with Crippen LogP contribution in [-0.4, -0.2) is 15.0 Å². The largest absolute Gasteiger partial charge is 0.456 e. The highest BCUT2D eigenvalue weighted by Gasteiger charge is 2.19. The normalized spacial score (nSPS) is 12.8. The molecule has 9 rings (SSSR count). The summed E-state index contributed by atoms with van der Waals surface area (Å²) in [6.45, 7) is 0. The molecule has 49 heavy (non-hydrogen) atoms. The van der Waals surface area contributed by atoms with E-state index >= 15 is 0 Å². The number of hydrogen-bond donors (Lipinski definition) is 0. The summed E-state index contributed by atoms with van der Waals surface area (Å²) in [5.74, 6) is 1.86. The lowest BCUT2D eigenvalue weighted by molar-refractivity contribution is 0.669. The van der Waals surface area contributed by atoms with Crippen LogP contribution in [-0.2, 0) is 0 Å². The standard InChI is InChI=1S/C45H31N3O/c1-4-12-30(13-5-1)31-20-22-32(23-21-31)33-24-26-36(27-25-33)44-46-43(35-16-8-3-9-17-35)47-45(48-44)37-28-39(34-14-6-2-7-15-34)42-38-18-10-11-19-40(38)49-41(42)29-37/h1,3-6,8-29H,2,7H2. The van der Waals surface area contributed by atoms with Crippen LogP contribution < -0.4 is 0 Å². The van der Waals surface area contributed by atoms with Gasteiger partial charge in [-0.3, -0.25) is 0 Å². The van der Waals surface area contributed by atoms with Crippen molar-refractivity contribution < 1.29 is 4.42 Å². The Balaban J connectivity index is 1.15. The maximum absolute atomic E-state index is 6.44. The Bertz CT molecular complexity index is 2510. The number of aromatic nitrogens is 3. The molecule has 4 heteroatoms. The van der Waals surface area contributed by atoms with Crippen LogP contribution in [0.3, 0.4) is 0 Å². The first-order valence-electron chi connectivity index (χ1n) is 16.7. The highest BCUT2D eigenvalue weighted by molar-refractivity contribution is 6.12. The molecule has 6 aromatic carbocycles. The molecule has 0 N–H and O–H groups in total. The van der Waals surface area contributed by atoms with E-state index in [1.165, 1.54) is 16.7 Å². The first kappa shape index (κ1) is 28.8. The molecule has 4 nitrogen and oxygen atoms in total. The third-order valence-corrected chi connectivity index (χ3v) is 9.18. The highest BCUT2D eigenvalue weighted by Crippen LogP contribution is 2.39. The number of benzene rings is 6. The van der Waals surface area contributed by atoms with Crippen molar-refractivity contribution in [3.05, 3.63) is 169 Å². The molecule has 0 saturated heterocycles. The molecule has 0 amide bonds. The summed E-state index contributed by atoms with van der Waals surface area (Å²) in [7, 11) is 0. The topological polar surface area (TPSA) is 51.8 Å². The summed E-state index contributed by atoms with van der Waals surface area (Å²) in [6.07, 6.45) is 8.83. The fourth-order valence-electron chi connectivity index (χ4n) is 6.67. The average Bonchev–Trinajstić information content (AvgIpc) is 3.57. The van der Waals surface area contributed by atoms with Gasteiger partial charge in [0.05, 0.1) is 0 Å². The Morgan fingerprint density at radius 2 is 0.939 bits per heavy atom. The maximum Gasteiger partial charge on any atom is 0.164 e. The van der Waals surface area contributed by atoms with E-state index in [4.69, 9.17) is 19.4 Å². The lowest BCUT2D eigenvalue weighted by Gasteiger charge is -2.13. The van der Waals surface area contributed by atoms with Crippen molar-refractivity contribution >= 4 is 27.5 Å². The molecule has 0 radical (unpaired) electrons. The summed E-state index contributed by atoms with van der Waals surface area (Å²) in [5.41, 5.74) is 11.5. The van der Waals surface area contributed by atoms with E-state index < -0.39 is 0 Å². The summed E-state index contributed by atoms with van der Waals surface area (Å²) in [5, 5.41) is 2.22. The zero-order chi connectivity index (χ0) is 32.6. The predicted molar refractivity (Wildman–Crippen MR) is 201 cm³/mol. The monoisotopic (exact) mass is 629 g/mol. The highest BCUT2D eigenvalue weighted by atomic mass is 16.3. The molecule has 0 bridgehead atoms. The van der Waals surface area contributed by atoms with Crippen molar-refractivity contribution in [3.63, 3.8) is 0 Å². The minimum absolute atomic E-state index is 0.605. The molecule has 0 unspecified atom stereocenters. The van der Waals surface area contributed by atoms with Gasteiger partial charge in [-0.1, -0.05) is 146 Å². The zero-order valence-electron chi connectivity index (χ0n) is 26.8. The molecule has 0 spiro atoms. The van der Waals surface area contributed by atoms with E-state index in [0.717, 1.165) is 68.2 Å². The van der Waals surface area contributed by atoms with Crippen molar-refractivity contribution in [2.24, 2.45) is 0 Å². The molecule has 1 aliphatic carbocycles. The van der Waals surface area contributed by atoms with Gasteiger partial charge in [0.1, 0.15) is 11.2 Å². The Morgan fingerprint density at radius 3 is 1.55 bits per heavy atom. The van der Waals surface area contributed by atoms with Crippen LogP contribution in [0.4, 0.5) is 0 Å². The average molecular weight is 630 g/mol. The number of fused-ring (bicyclic) bond motifs is 3. The SMILES string of the molecule is C1=CC(c2cc(-c3nc(-c4ccccc4)nc(-c4ccc(-c5ccc(-c6ccccc6)cc5)cc4)n3)cc3oc4ccccc4c23)=CCC1. The Kier molecular flexibility index (Phi) is 7.25. The lowest BCUT2D eigenvalue weighted by atomic mass is 9.93. The lowest BCUT2D eigenvalue weighted by Crippen LogP contribution is -2.00. The Morgan fingerprint density at radius 1 is 0.429 bits per heavy atom. The smallest absolute Gasteiger partial charge is 0.164 e. The fourth-order valence-corrected chi connectivity index (χ4v) is 6.67. The molecule has 0 atom stereocenters. The van der Waals surface area contributed by atoms with Gasteiger partial charge in [0.15, 0.2) is 17.5 Å². The molecule has 1 aliphatic rings. The van der Waals surface area contributed by atoms with Gasteiger partial charge in [0.2, 0.25) is 0 Å². The second kappa shape index (κ2) is 12.3. The van der Waals surface area contributed by atoms with Crippen LogP contribution in [0.2, 0.25) is 0 Å². The van der Waals surface area contributed by atoms with E-state index in [0.29, 0.717) is 17.5 Å². The third-order valence-electron chi connectivity index (χ3n) is 9.18. The summed E-state index contributed by atoms with van der Waals surface area (Å²) in [4.78, 5) is 15.1. The molecular formula is C45H31N3O. The number of para-hydroxylation sites is 1. The quantitative estimate of drug-likeness (QED) is 0.184. The Hall–Kier alpha value is -6.39. The van der Waals surface area contributed by atoms with E-state index in [1.54, 1.807) is 0 Å². The maximum atomic E-state index is 6.44. The number of allylic oxidation sites excluding steroid dienone is 4. The zero-order valence-corrected chi connectivity index (χ0v) is 26.8. The predicted octanol–water partition coefficient (Wildman–Crippen LogP) is 11.8. The number of furan rings is 1. The van der Waals surface area contributed by atoms with Gasteiger partial charge in [0, 0.05) is 27.5 Å². The van der Waals surface area contributed by atoms with Gasteiger partial charge >= 0.3 is 0 Å². The number of hydrogen-bond acceptors (Lipinski definition) is 4. The van der Waals surface area contributed by atoms with Crippen LogP contribution in [0.25, 0.3) is 83.9 Å². The van der Waals surface area contributed by atoms with Crippen LogP contribution >= 0.6 is 0 Å². The molecule has 0 fully saturated rings. The first-order valence-corrected chi connectivity index (χ1v) is 16.7. The van der Waals surface area contributed by atoms with E-state index in [-0.39, 0.29) is 0 Å². The number of nitrogens with zero attached hydrogens (tertiary/aromatic N) is 3. The minimum Gasteiger partial charge on any atom is -0.456 e. The van der Waals surface area contributed by atoms with Gasteiger partial charge in [0.25, 0.3) is 0 Å². The van der Waals surface area contributed by atoms with E-state index in [9.17, 15) is 0 Å². The van der Waals surface area contributed by atoms with Crippen molar-refractivity contribution in [1.82, 2.24) is 15.0 Å². The van der Waals surface area contributed by atoms with E-state index in [1.807, 2.05) is 48.5 Å². The van der Waals surface area contributed by atoms with Crippen LogP contribution in [0.5, 0.6) is 0 Å². The fraction of sp³-hybridized carbons (Fsp3) is 0.0444. The van der Waals surface area contributed by atoms with Gasteiger partial charge in [-0.2, -0.15) is 0 Å². The van der Waals surface area contributed by atoms with Crippen molar-refractivity contribution in [2.45, 2.75) is 12.8 Å². The van der Waals surface area contributed by atoms with Gasteiger partial charge in [-0.05, 0) is 64.4 Å². The van der Waals surface area contributed by atoms with Gasteiger partial charge in [-0.15, -0.1) is 0 Å². The van der Waals surface area contributed by atoms with Crippen LogP contribution in [0.1, 0.15) is 18.4 Å². The van der Waals surface area contributed by atoms with Crippen LogP contribution in [0, 0.1) is 0 Å². The molecule has 8 aromatic rings. The van der Waals surface area contributed by atoms with Gasteiger partial charge in [-0.25, -0.2) is 15.0 Å². The number of rotatable bonds is 6. The second-order valence-electron chi connectivity index (χ2n) is 12.3. The Labute approximate surface area is 284 Å². The molecule has 232 valence electrons. The van der Waals surface area contributed by atoms with Crippen molar-refractivity contribution in [3.8, 4) is 56.4 Å². The molecule has 2 aromatic heterocycles. The molecule has 2 heterocycles. The molecule has 0 saturated carbocycles. The molecular weight excluding hydrogens is 599 g/mol. The minimum atomic E-state index is 0.605. The summed E-state index contributed by atoms with van der Waals surface area (Å²) < 4.78 is 6.44. The van der Waals surface area contributed by atoms with Crippen molar-refractivity contribution in [2.75, 3.05) is 0 Å². The molecule has 0 aliphatic heterocycles. The summed E-state index contributed by atoms with van der Waals surface area (Å²) >= 11 is 0. The van der Waals surface area contributed by atoms with Crippen LogP contribution in [0.15, 0.2) is 168 Å². The first-order chi connectivity index (χ1) is 24.3. The van der Waals surface area contributed by atoms with Crippen molar-refractivity contribution in [1.29, 1.82) is 0 Å². The van der Waals surface area contributed by atoms with E-state index in [2.05, 4.69) is 115 Å². The third kappa shape index (κ3) is 5.53. The summed E-state index contributed by atoms with van der Waals surface area (Å²) in [6, 6.07) is 50.2.